The molecule has 4 amide bonds. The van der Waals surface area contributed by atoms with Gasteiger partial charge in [-0.1, -0.05) is 37.4 Å². The fourth-order valence-electron chi connectivity index (χ4n) is 2.64. The monoisotopic (exact) mass is 489 g/mol. The number of thioether (sulfide) groups is 2. The van der Waals surface area contributed by atoms with Crippen LogP contribution < -0.4 is 10.6 Å². The standard InChI is InChI=1S/C19H27N3O8S2/c1-3-17(27)31-9-14(24)20-8-11(21-15(25)10-32-18(28)4-2)5-6-13(23)12-7-16(26)22(30)19(12)29/h11-12,30H,3-10H2,1-2H3,(H,20,24)(H,21,25)/t11-,12-/m0/s1. The van der Waals surface area contributed by atoms with Crippen molar-refractivity contribution in [2.45, 2.75) is 52.0 Å². The SMILES string of the molecule is CCC(=O)SCC(=O)NC[C@H](CCC(=O)[C@@H]1CC(=O)N(O)C1=O)NC(=O)CSC(=O)CC. The van der Waals surface area contributed by atoms with Crippen LogP contribution in [0.2, 0.25) is 0 Å². The number of hydrogen-bond donors (Lipinski definition) is 3. The minimum atomic E-state index is -1.27. The molecule has 13 heteroatoms. The molecule has 1 saturated heterocycles. The first-order valence-corrected chi connectivity index (χ1v) is 12.0. The summed E-state index contributed by atoms with van der Waals surface area (Å²) < 4.78 is 0. The van der Waals surface area contributed by atoms with Gasteiger partial charge in [0.25, 0.3) is 11.8 Å². The molecule has 32 heavy (non-hydrogen) atoms. The van der Waals surface area contributed by atoms with Crippen molar-refractivity contribution in [1.29, 1.82) is 0 Å². The van der Waals surface area contributed by atoms with E-state index in [1.807, 2.05) is 0 Å². The van der Waals surface area contributed by atoms with Crippen LogP contribution in [0.1, 0.15) is 46.0 Å². The van der Waals surface area contributed by atoms with Crippen LogP contribution >= 0.6 is 23.5 Å². The molecule has 11 nitrogen and oxygen atoms in total. The molecule has 178 valence electrons. The fraction of sp³-hybridized carbons (Fsp3) is 0.632. The lowest BCUT2D eigenvalue weighted by molar-refractivity contribution is -0.172. The van der Waals surface area contributed by atoms with Gasteiger partial charge in [0.1, 0.15) is 11.7 Å². The van der Waals surface area contributed by atoms with Crippen LogP contribution in [0.4, 0.5) is 0 Å². The highest BCUT2D eigenvalue weighted by Gasteiger charge is 2.42. The highest BCUT2D eigenvalue weighted by molar-refractivity contribution is 8.14. The average molecular weight is 490 g/mol. The Kier molecular flexibility index (Phi) is 12.2. The maximum Gasteiger partial charge on any atom is 0.264 e. The molecule has 3 N–H and O–H groups in total. The third-order valence-electron chi connectivity index (χ3n) is 4.47. The summed E-state index contributed by atoms with van der Waals surface area (Å²) in [6.45, 7) is 3.31. The molecule has 0 aliphatic carbocycles. The lowest BCUT2D eigenvalue weighted by atomic mass is 9.96. The minimum Gasteiger partial charge on any atom is -0.353 e. The Hall–Kier alpha value is -2.25. The third kappa shape index (κ3) is 9.49. The zero-order valence-electron chi connectivity index (χ0n) is 17.9. The van der Waals surface area contributed by atoms with Crippen LogP contribution in [0.25, 0.3) is 0 Å². The van der Waals surface area contributed by atoms with Crippen LogP contribution in [0.5, 0.6) is 0 Å². The van der Waals surface area contributed by atoms with E-state index in [1.54, 1.807) is 13.8 Å². The van der Waals surface area contributed by atoms with Crippen LogP contribution in [0.3, 0.4) is 0 Å². The highest BCUT2D eigenvalue weighted by Crippen LogP contribution is 2.21. The summed E-state index contributed by atoms with van der Waals surface area (Å²) in [7, 11) is 0. The average Bonchev–Trinajstić information content (AvgIpc) is 3.04. The number of hydroxylamine groups is 2. The van der Waals surface area contributed by atoms with Gasteiger partial charge >= 0.3 is 0 Å². The first-order valence-electron chi connectivity index (χ1n) is 10.0. The predicted octanol–water partition coefficient (Wildman–Crippen LogP) is 0.0406. The lowest BCUT2D eigenvalue weighted by Crippen LogP contribution is -2.45. The van der Waals surface area contributed by atoms with E-state index in [2.05, 4.69) is 10.6 Å². The summed E-state index contributed by atoms with van der Waals surface area (Å²) in [6.07, 6.45) is 0.0289. The Morgan fingerprint density at radius 1 is 1.03 bits per heavy atom. The van der Waals surface area contributed by atoms with Gasteiger partial charge in [-0.25, -0.2) is 0 Å². The van der Waals surface area contributed by atoms with Gasteiger partial charge in [0, 0.05) is 38.3 Å². The van der Waals surface area contributed by atoms with Crippen LogP contribution in [-0.2, 0) is 33.6 Å². The summed E-state index contributed by atoms with van der Waals surface area (Å²) >= 11 is 1.72. The number of carbonyl (C=O) groups is 7. The van der Waals surface area contributed by atoms with E-state index >= 15 is 0 Å². The topological polar surface area (TPSA) is 167 Å². The zero-order chi connectivity index (χ0) is 24.3. The van der Waals surface area contributed by atoms with E-state index in [9.17, 15) is 38.8 Å². The lowest BCUT2D eigenvalue weighted by Gasteiger charge is -2.19. The summed E-state index contributed by atoms with van der Waals surface area (Å²) in [6, 6.07) is -0.683. The molecule has 0 spiro atoms. The quantitative estimate of drug-likeness (QED) is 0.182. The molecule has 0 aromatic rings. The van der Waals surface area contributed by atoms with Crippen molar-refractivity contribution in [2.75, 3.05) is 18.1 Å². The Bertz CT molecular complexity index is 774. The third-order valence-corrected chi connectivity index (χ3v) is 6.50. The molecule has 0 bridgehead atoms. The fourth-order valence-corrected chi connectivity index (χ4v) is 3.82. The van der Waals surface area contributed by atoms with E-state index < -0.39 is 47.8 Å². The van der Waals surface area contributed by atoms with Gasteiger partial charge < -0.3 is 10.6 Å². The second-order valence-corrected chi connectivity index (χ2v) is 8.97. The zero-order valence-corrected chi connectivity index (χ0v) is 19.5. The number of amides is 4. The summed E-state index contributed by atoms with van der Waals surface area (Å²) in [4.78, 5) is 82.3. The van der Waals surface area contributed by atoms with E-state index in [0.29, 0.717) is 6.42 Å². The molecule has 1 fully saturated rings. The molecule has 0 aromatic carbocycles. The van der Waals surface area contributed by atoms with Gasteiger partial charge in [0.2, 0.25) is 11.8 Å². The number of nitrogens with one attached hydrogen (secondary N) is 2. The van der Waals surface area contributed by atoms with Crippen molar-refractivity contribution in [2.24, 2.45) is 5.92 Å². The Morgan fingerprint density at radius 3 is 2.09 bits per heavy atom. The Labute approximate surface area is 193 Å². The van der Waals surface area contributed by atoms with E-state index in [-0.39, 0.29) is 52.6 Å². The number of hydrogen-bond acceptors (Lipinski definition) is 10. The summed E-state index contributed by atoms with van der Waals surface area (Å²) in [5.74, 6) is -4.78. The number of carbonyl (C=O) groups excluding carboxylic acids is 7. The maximum absolute atomic E-state index is 12.3. The normalized spacial score (nSPS) is 16.6. The number of Topliss-reactive ketones (excluding diaryl/α,β-unsaturated/α-hetero) is 1. The highest BCUT2D eigenvalue weighted by atomic mass is 32.2. The Morgan fingerprint density at radius 2 is 1.59 bits per heavy atom. The Balaban J connectivity index is 2.64. The second kappa shape index (κ2) is 14.0. The van der Waals surface area contributed by atoms with Crippen LogP contribution in [-0.4, -0.2) is 74.0 Å². The van der Waals surface area contributed by atoms with Crippen molar-refractivity contribution in [3.8, 4) is 0 Å². The molecule has 1 aliphatic rings. The van der Waals surface area contributed by atoms with Gasteiger partial charge in [0.05, 0.1) is 11.5 Å². The van der Waals surface area contributed by atoms with Crippen molar-refractivity contribution in [3.05, 3.63) is 0 Å². The number of imide groups is 1. The van der Waals surface area contributed by atoms with Gasteiger partial charge in [-0.2, -0.15) is 5.06 Å². The second-order valence-electron chi connectivity index (χ2n) is 6.90. The van der Waals surface area contributed by atoms with Gasteiger partial charge in [-0.05, 0) is 6.42 Å². The van der Waals surface area contributed by atoms with Crippen LogP contribution in [0.15, 0.2) is 0 Å². The summed E-state index contributed by atoms with van der Waals surface area (Å²) in [5, 5.41) is 14.1. The van der Waals surface area contributed by atoms with Crippen molar-refractivity contribution in [3.63, 3.8) is 0 Å². The van der Waals surface area contributed by atoms with Crippen molar-refractivity contribution >= 4 is 63.2 Å². The predicted molar refractivity (Wildman–Crippen MR) is 116 cm³/mol. The summed E-state index contributed by atoms with van der Waals surface area (Å²) in [5.41, 5.74) is 0. The molecule has 0 aromatic heterocycles. The smallest absolute Gasteiger partial charge is 0.264 e. The molecule has 1 rings (SSSR count). The largest absolute Gasteiger partial charge is 0.353 e. The van der Waals surface area contributed by atoms with Crippen LogP contribution in [0, 0.1) is 5.92 Å². The number of ketones is 1. The first-order chi connectivity index (χ1) is 15.1. The van der Waals surface area contributed by atoms with Gasteiger partial charge in [-0.3, -0.25) is 38.8 Å². The van der Waals surface area contributed by atoms with Gasteiger partial charge in [-0.15, -0.1) is 0 Å². The van der Waals surface area contributed by atoms with Crippen molar-refractivity contribution in [1.82, 2.24) is 15.7 Å². The number of nitrogens with zero attached hydrogens (tertiary/aromatic N) is 1. The maximum atomic E-state index is 12.3. The van der Waals surface area contributed by atoms with Crippen molar-refractivity contribution < 1.29 is 38.8 Å². The molecule has 0 saturated carbocycles. The molecule has 1 aliphatic heterocycles. The molecule has 2 atom stereocenters. The first kappa shape index (κ1) is 27.8. The molecule has 0 radical (unpaired) electrons. The molecule has 1 heterocycles. The van der Waals surface area contributed by atoms with E-state index in [4.69, 9.17) is 0 Å². The van der Waals surface area contributed by atoms with E-state index in [1.165, 1.54) is 0 Å². The van der Waals surface area contributed by atoms with Gasteiger partial charge in [0.15, 0.2) is 10.2 Å². The molecular formula is C19H27N3O8S2. The minimum absolute atomic E-state index is 0.0329. The van der Waals surface area contributed by atoms with E-state index in [0.717, 1.165) is 23.5 Å². The number of rotatable bonds is 13. The molecule has 0 unspecified atom stereocenters. The molecular weight excluding hydrogens is 462 g/mol.